The fourth-order valence-corrected chi connectivity index (χ4v) is 3.40. The number of alkyl carbamates (subject to hydrolysis) is 1. The Hall–Kier alpha value is -2.61. The number of ether oxygens (including phenoxy) is 3. The molecular weight excluding hydrogens is 432 g/mol. The zero-order valence-corrected chi connectivity index (χ0v) is 18.4. The van der Waals surface area contributed by atoms with Crippen LogP contribution in [0.25, 0.3) is 0 Å². The highest BCUT2D eigenvalue weighted by molar-refractivity contribution is 5.85. The number of carbonyl (C=O) groups is 2. The van der Waals surface area contributed by atoms with Crippen LogP contribution in [0.2, 0.25) is 0 Å². The maximum atomic E-state index is 12.6. The number of nitrogens with one attached hydrogen (secondary N) is 1. The lowest BCUT2D eigenvalue weighted by Gasteiger charge is -2.34. The zero-order valence-electron chi connectivity index (χ0n) is 17.6. The van der Waals surface area contributed by atoms with Crippen molar-refractivity contribution in [2.24, 2.45) is 0 Å². The monoisotopic (exact) mass is 464 g/mol. The van der Waals surface area contributed by atoms with Crippen LogP contribution in [-0.2, 0) is 25.6 Å². The van der Waals surface area contributed by atoms with E-state index in [1.165, 1.54) is 6.92 Å². The lowest BCUT2D eigenvalue weighted by molar-refractivity contribution is -0.148. The Labute approximate surface area is 196 Å². The van der Waals surface area contributed by atoms with Gasteiger partial charge >= 0.3 is 12.1 Å². The first-order chi connectivity index (χ1) is 14.6. The van der Waals surface area contributed by atoms with Crippen molar-refractivity contribution in [2.75, 3.05) is 32.8 Å². The van der Waals surface area contributed by atoms with Gasteiger partial charge in [-0.2, -0.15) is 0 Å². The van der Waals surface area contributed by atoms with Crippen LogP contribution >= 0.6 is 12.4 Å². The van der Waals surface area contributed by atoms with E-state index >= 15 is 0 Å². The topological polar surface area (TPSA) is 77.1 Å². The molecule has 1 saturated heterocycles. The number of halogens is 1. The fourth-order valence-electron chi connectivity index (χ4n) is 3.40. The smallest absolute Gasteiger partial charge is 0.407 e. The third kappa shape index (κ3) is 8.86. The molecule has 1 aliphatic heterocycles. The Morgan fingerprint density at radius 3 is 2.22 bits per heavy atom. The fraction of sp³-hybridized carbons (Fsp3) is 0.417. The Morgan fingerprint density at radius 2 is 1.62 bits per heavy atom. The summed E-state index contributed by atoms with van der Waals surface area (Å²) in [6.45, 7) is 4.81. The second kappa shape index (κ2) is 14.5. The van der Waals surface area contributed by atoms with E-state index in [2.05, 4.69) is 10.2 Å². The highest BCUT2D eigenvalue weighted by Crippen LogP contribution is 2.23. The van der Waals surface area contributed by atoms with Crippen LogP contribution < -0.4 is 5.32 Å². The van der Waals surface area contributed by atoms with E-state index in [9.17, 15) is 9.59 Å². The average Bonchev–Trinajstić information content (AvgIpc) is 2.77. The lowest BCUT2D eigenvalue weighted by atomic mass is 10.0. The van der Waals surface area contributed by atoms with E-state index in [0.717, 1.165) is 24.2 Å². The van der Waals surface area contributed by atoms with Crippen LogP contribution in [0.3, 0.4) is 0 Å². The zero-order chi connectivity index (χ0) is 21.2. The van der Waals surface area contributed by atoms with Gasteiger partial charge in [0.05, 0.1) is 19.3 Å². The number of morpholine rings is 1. The molecule has 1 N–H and O–H groups in total. The number of benzene rings is 2. The molecule has 1 heterocycles. The number of amides is 1. The second-order valence-corrected chi connectivity index (χ2v) is 7.17. The molecule has 0 aliphatic carbocycles. The van der Waals surface area contributed by atoms with Gasteiger partial charge in [0.2, 0.25) is 0 Å². The normalized spacial score (nSPS) is 15.3. The molecule has 0 spiro atoms. The highest BCUT2D eigenvalue weighted by atomic mass is 35.5. The minimum atomic E-state index is -0.629. The van der Waals surface area contributed by atoms with Crippen molar-refractivity contribution in [3.05, 3.63) is 71.8 Å². The third-order valence-electron chi connectivity index (χ3n) is 4.86. The molecule has 1 aliphatic rings. The largest absolute Gasteiger partial charge is 0.455 e. The van der Waals surface area contributed by atoms with Gasteiger partial charge < -0.3 is 19.5 Å². The van der Waals surface area contributed by atoms with Crippen LogP contribution in [0.15, 0.2) is 60.7 Å². The van der Waals surface area contributed by atoms with Gasteiger partial charge in [-0.3, -0.25) is 9.69 Å². The first-order valence-corrected chi connectivity index (χ1v) is 10.1. The van der Waals surface area contributed by atoms with Crippen molar-refractivity contribution in [1.82, 2.24) is 10.2 Å². The number of carbonyl (C=O) groups excluding carboxylic acids is 2. The van der Waals surface area contributed by atoms with Crippen molar-refractivity contribution in [3.8, 4) is 0 Å². The molecule has 0 unspecified atom stereocenters. The minimum Gasteiger partial charge on any atom is -0.455 e. The standard InChI is InChI=1S/C23H28N2O5.CH4.ClH/c1-18(26)30-22(20-10-6-3-7-11-20)21(16-25-12-14-28-15-13-25)24-23(27)29-17-19-8-4-2-5-9-19;;/h2-11,21-22H,12-17H2,1H3,(H,24,27);1H4;1H/t21-,22-;;/m0../s1. The number of hydrogen-bond donors (Lipinski definition) is 1. The van der Waals surface area contributed by atoms with E-state index in [1.807, 2.05) is 60.7 Å². The van der Waals surface area contributed by atoms with Crippen LogP contribution in [0.5, 0.6) is 0 Å². The summed E-state index contributed by atoms with van der Waals surface area (Å²) in [7, 11) is 0. The van der Waals surface area contributed by atoms with E-state index in [4.69, 9.17) is 14.2 Å². The van der Waals surface area contributed by atoms with Crippen molar-refractivity contribution in [2.45, 2.75) is 33.1 Å². The molecule has 3 rings (SSSR count). The first kappa shape index (κ1) is 27.4. The van der Waals surface area contributed by atoms with Crippen LogP contribution in [0.1, 0.15) is 31.6 Å². The quantitative estimate of drug-likeness (QED) is 0.595. The third-order valence-corrected chi connectivity index (χ3v) is 4.86. The SMILES string of the molecule is C.CC(=O)O[C@@H](c1ccccc1)[C@H](CN1CCOCC1)NC(=O)OCc1ccccc1.Cl. The van der Waals surface area contributed by atoms with Crippen molar-refractivity contribution < 1.29 is 23.8 Å². The van der Waals surface area contributed by atoms with Crippen LogP contribution in [0.4, 0.5) is 4.79 Å². The summed E-state index contributed by atoms with van der Waals surface area (Å²) in [5.74, 6) is -0.407. The van der Waals surface area contributed by atoms with Gasteiger partial charge in [-0.15, -0.1) is 12.4 Å². The van der Waals surface area contributed by atoms with Crippen molar-refractivity contribution in [3.63, 3.8) is 0 Å². The molecule has 8 heteroatoms. The summed E-state index contributed by atoms with van der Waals surface area (Å²) >= 11 is 0. The van der Waals surface area contributed by atoms with Gasteiger partial charge in [-0.05, 0) is 11.1 Å². The molecule has 176 valence electrons. The number of esters is 1. The van der Waals surface area contributed by atoms with Gasteiger partial charge in [0.15, 0.2) is 0 Å². The number of hydrogen-bond acceptors (Lipinski definition) is 6. The van der Waals surface area contributed by atoms with Crippen molar-refractivity contribution in [1.29, 1.82) is 0 Å². The van der Waals surface area contributed by atoms with Crippen LogP contribution in [-0.4, -0.2) is 55.9 Å². The van der Waals surface area contributed by atoms with E-state index in [1.54, 1.807) is 0 Å². The average molecular weight is 465 g/mol. The molecule has 32 heavy (non-hydrogen) atoms. The molecule has 1 fully saturated rings. The summed E-state index contributed by atoms with van der Waals surface area (Å²) in [5, 5.41) is 2.92. The van der Waals surface area contributed by atoms with Gasteiger partial charge in [-0.1, -0.05) is 68.1 Å². The first-order valence-electron chi connectivity index (χ1n) is 10.1. The predicted octanol–water partition coefficient (Wildman–Crippen LogP) is 3.98. The van der Waals surface area contributed by atoms with E-state index in [-0.39, 0.29) is 26.4 Å². The molecule has 2 aromatic carbocycles. The summed E-state index contributed by atoms with van der Waals surface area (Å²) in [6.07, 6.45) is -1.18. The molecule has 0 saturated carbocycles. The molecule has 2 aromatic rings. The lowest BCUT2D eigenvalue weighted by Crippen LogP contribution is -2.50. The maximum absolute atomic E-state index is 12.6. The molecule has 7 nitrogen and oxygen atoms in total. The Bertz CT molecular complexity index is 801. The number of nitrogens with zero attached hydrogens (tertiary/aromatic N) is 1. The Morgan fingerprint density at radius 1 is 1.03 bits per heavy atom. The van der Waals surface area contributed by atoms with Crippen LogP contribution in [0, 0.1) is 0 Å². The summed E-state index contributed by atoms with van der Waals surface area (Å²) in [4.78, 5) is 26.6. The molecule has 0 aromatic heterocycles. The van der Waals surface area contributed by atoms with E-state index < -0.39 is 24.2 Å². The summed E-state index contributed by atoms with van der Waals surface area (Å²) < 4.78 is 16.5. The van der Waals surface area contributed by atoms with E-state index in [0.29, 0.717) is 19.8 Å². The maximum Gasteiger partial charge on any atom is 0.407 e. The molecule has 2 atom stereocenters. The highest BCUT2D eigenvalue weighted by Gasteiger charge is 2.30. The van der Waals surface area contributed by atoms with Crippen molar-refractivity contribution >= 4 is 24.5 Å². The minimum absolute atomic E-state index is 0. The summed E-state index contributed by atoms with van der Waals surface area (Å²) in [5.41, 5.74) is 1.71. The number of rotatable bonds is 8. The summed E-state index contributed by atoms with van der Waals surface area (Å²) in [6, 6.07) is 18.4. The van der Waals surface area contributed by atoms with Gasteiger partial charge in [-0.25, -0.2) is 4.79 Å². The molecular formula is C24H33ClN2O5. The van der Waals surface area contributed by atoms with Gasteiger partial charge in [0.25, 0.3) is 0 Å². The Balaban J connectivity index is 0.00000256. The second-order valence-electron chi connectivity index (χ2n) is 7.17. The predicted molar refractivity (Wildman–Crippen MR) is 126 cm³/mol. The Kier molecular flexibility index (Phi) is 12.4. The molecule has 0 radical (unpaired) electrons. The van der Waals surface area contributed by atoms with Gasteiger partial charge in [0.1, 0.15) is 12.7 Å². The molecule has 0 bridgehead atoms. The van der Waals surface area contributed by atoms with Gasteiger partial charge in [0, 0.05) is 26.6 Å². The molecule has 1 amide bonds.